The number of thiophene rings is 1. The molecule has 0 aliphatic carbocycles. The average Bonchev–Trinajstić information content (AvgIpc) is 3.35. The van der Waals surface area contributed by atoms with Crippen LogP contribution < -0.4 is 0 Å². The summed E-state index contributed by atoms with van der Waals surface area (Å²) in [5.74, 6) is 1.99. The maximum Gasteiger partial charge on any atom is 0.241 e. The quantitative estimate of drug-likeness (QED) is 0.638. The van der Waals surface area contributed by atoms with E-state index in [-0.39, 0.29) is 0 Å². The molecular weight excluding hydrogens is 356 g/mol. The second-order valence-electron chi connectivity index (χ2n) is 7.44. The Morgan fingerprint density at radius 2 is 1.70 bits per heavy atom. The van der Waals surface area contributed by atoms with Gasteiger partial charge in [0.15, 0.2) is 0 Å². The standard InChI is InChI=1S/C21H26N4OS/c1-16(2)18-7-5-17(6-8-18)14-24-9-11-25(12-10-24)15-20-22-21(23-26-20)19-4-3-13-27-19/h3-8,13,16H,9-12,14-15H2,1-2H3. The molecule has 0 saturated carbocycles. The van der Waals surface area contributed by atoms with Crippen LogP contribution in [0.5, 0.6) is 0 Å². The summed E-state index contributed by atoms with van der Waals surface area (Å²) >= 11 is 1.63. The summed E-state index contributed by atoms with van der Waals surface area (Å²) in [6.07, 6.45) is 0. The van der Waals surface area contributed by atoms with Crippen molar-refractivity contribution in [1.82, 2.24) is 19.9 Å². The fourth-order valence-corrected chi connectivity index (χ4v) is 4.04. The Morgan fingerprint density at radius 1 is 1.00 bits per heavy atom. The minimum atomic E-state index is 0.590. The molecule has 1 aliphatic rings. The zero-order valence-electron chi connectivity index (χ0n) is 16.0. The van der Waals surface area contributed by atoms with Crippen LogP contribution >= 0.6 is 11.3 Å². The van der Waals surface area contributed by atoms with Crippen LogP contribution in [0, 0.1) is 0 Å². The molecule has 2 aromatic heterocycles. The van der Waals surface area contributed by atoms with Gasteiger partial charge in [0.2, 0.25) is 11.7 Å². The first-order valence-electron chi connectivity index (χ1n) is 9.57. The molecule has 0 unspecified atom stereocenters. The monoisotopic (exact) mass is 382 g/mol. The molecule has 1 aromatic carbocycles. The average molecular weight is 383 g/mol. The van der Waals surface area contributed by atoms with E-state index >= 15 is 0 Å². The van der Waals surface area contributed by atoms with Gasteiger partial charge in [0.1, 0.15) is 0 Å². The van der Waals surface area contributed by atoms with Crippen LogP contribution in [0.15, 0.2) is 46.3 Å². The van der Waals surface area contributed by atoms with Crippen LogP contribution in [0.1, 0.15) is 36.8 Å². The molecule has 27 heavy (non-hydrogen) atoms. The lowest BCUT2D eigenvalue weighted by Gasteiger charge is -2.33. The van der Waals surface area contributed by atoms with Crippen molar-refractivity contribution < 1.29 is 4.52 Å². The van der Waals surface area contributed by atoms with Gasteiger partial charge >= 0.3 is 0 Å². The largest absolute Gasteiger partial charge is 0.338 e. The fraction of sp³-hybridized carbons (Fsp3) is 0.429. The highest BCUT2D eigenvalue weighted by molar-refractivity contribution is 7.13. The SMILES string of the molecule is CC(C)c1ccc(CN2CCN(Cc3nc(-c4cccs4)no3)CC2)cc1. The highest BCUT2D eigenvalue weighted by Crippen LogP contribution is 2.22. The van der Waals surface area contributed by atoms with Gasteiger partial charge in [0.05, 0.1) is 11.4 Å². The molecule has 0 amide bonds. The van der Waals surface area contributed by atoms with Crippen LogP contribution in [-0.2, 0) is 13.1 Å². The Hall–Kier alpha value is -2.02. The maximum atomic E-state index is 5.43. The van der Waals surface area contributed by atoms with Gasteiger partial charge in [-0.25, -0.2) is 0 Å². The summed E-state index contributed by atoms with van der Waals surface area (Å²) in [5, 5.41) is 6.13. The van der Waals surface area contributed by atoms with Crippen LogP contribution in [-0.4, -0.2) is 46.1 Å². The van der Waals surface area contributed by atoms with Crippen LogP contribution in [0.2, 0.25) is 0 Å². The van der Waals surface area contributed by atoms with Crippen molar-refractivity contribution in [1.29, 1.82) is 0 Å². The maximum absolute atomic E-state index is 5.43. The van der Waals surface area contributed by atoms with Crippen molar-refractivity contribution >= 4 is 11.3 Å². The summed E-state index contributed by atoms with van der Waals surface area (Å²) in [4.78, 5) is 10.5. The van der Waals surface area contributed by atoms with Crippen molar-refractivity contribution in [2.24, 2.45) is 0 Å². The van der Waals surface area contributed by atoms with Gasteiger partial charge in [-0.2, -0.15) is 4.98 Å². The number of hydrogen-bond donors (Lipinski definition) is 0. The Morgan fingerprint density at radius 3 is 2.33 bits per heavy atom. The van der Waals surface area contributed by atoms with E-state index in [1.807, 2.05) is 17.5 Å². The summed E-state index contributed by atoms with van der Waals surface area (Å²) < 4.78 is 5.43. The summed E-state index contributed by atoms with van der Waals surface area (Å²) in [7, 11) is 0. The first kappa shape index (κ1) is 18.3. The molecule has 0 N–H and O–H groups in total. The molecule has 1 fully saturated rings. The van der Waals surface area contributed by atoms with Crippen molar-refractivity contribution in [3.8, 4) is 10.7 Å². The lowest BCUT2D eigenvalue weighted by Crippen LogP contribution is -2.45. The molecule has 1 saturated heterocycles. The second-order valence-corrected chi connectivity index (χ2v) is 8.39. The number of aromatic nitrogens is 2. The Balaban J connectivity index is 1.26. The molecule has 3 heterocycles. The molecule has 0 spiro atoms. The third-order valence-electron chi connectivity index (χ3n) is 5.09. The third-order valence-corrected chi connectivity index (χ3v) is 5.95. The van der Waals surface area contributed by atoms with Gasteiger partial charge in [-0.05, 0) is 28.5 Å². The van der Waals surface area contributed by atoms with Gasteiger partial charge in [-0.3, -0.25) is 9.80 Å². The lowest BCUT2D eigenvalue weighted by atomic mass is 10.0. The smallest absolute Gasteiger partial charge is 0.241 e. The highest BCUT2D eigenvalue weighted by Gasteiger charge is 2.19. The van der Waals surface area contributed by atoms with E-state index in [0.717, 1.165) is 44.1 Å². The van der Waals surface area contributed by atoms with E-state index < -0.39 is 0 Å². The highest BCUT2D eigenvalue weighted by atomic mass is 32.1. The van der Waals surface area contributed by atoms with Crippen LogP contribution in [0.3, 0.4) is 0 Å². The number of benzene rings is 1. The topological polar surface area (TPSA) is 45.4 Å². The summed E-state index contributed by atoms with van der Waals surface area (Å²) in [5.41, 5.74) is 2.80. The number of hydrogen-bond acceptors (Lipinski definition) is 6. The molecule has 142 valence electrons. The first-order valence-corrected chi connectivity index (χ1v) is 10.5. The van der Waals surface area contributed by atoms with Gasteiger partial charge in [-0.1, -0.05) is 49.3 Å². The minimum absolute atomic E-state index is 0.590. The molecule has 4 rings (SSSR count). The molecule has 0 bridgehead atoms. The zero-order chi connectivity index (χ0) is 18.6. The summed E-state index contributed by atoms with van der Waals surface area (Å²) in [6.45, 7) is 10.4. The van der Waals surface area contributed by atoms with Crippen molar-refractivity contribution in [3.05, 3.63) is 58.8 Å². The molecular formula is C21H26N4OS. The van der Waals surface area contributed by atoms with Crippen molar-refractivity contribution in [2.75, 3.05) is 26.2 Å². The predicted molar refractivity (Wildman–Crippen MR) is 109 cm³/mol. The number of rotatable bonds is 6. The Labute approximate surface area is 164 Å². The molecule has 0 radical (unpaired) electrons. The van der Waals surface area contributed by atoms with E-state index in [0.29, 0.717) is 17.6 Å². The van der Waals surface area contributed by atoms with Crippen LogP contribution in [0.25, 0.3) is 10.7 Å². The van der Waals surface area contributed by atoms with Crippen molar-refractivity contribution in [2.45, 2.75) is 32.9 Å². The number of nitrogens with zero attached hydrogens (tertiary/aromatic N) is 4. The van der Waals surface area contributed by atoms with E-state index in [1.54, 1.807) is 11.3 Å². The van der Waals surface area contributed by atoms with E-state index in [2.05, 4.69) is 58.1 Å². The lowest BCUT2D eigenvalue weighted by molar-refractivity contribution is 0.112. The number of piperazine rings is 1. The normalized spacial score (nSPS) is 16.3. The zero-order valence-corrected chi connectivity index (χ0v) is 16.8. The molecule has 3 aromatic rings. The van der Waals surface area contributed by atoms with Crippen LogP contribution in [0.4, 0.5) is 0 Å². The van der Waals surface area contributed by atoms with Crippen molar-refractivity contribution in [3.63, 3.8) is 0 Å². The van der Waals surface area contributed by atoms with E-state index in [9.17, 15) is 0 Å². The summed E-state index contributed by atoms with van der Waals surface area (Å²) in [6, 6.07) is 13.1. The second kappa shape index (κ2) is 8.33. The Bertz CT molecular complexity index is 833. The fourth-order valence-electron chi connectivity index (χ4n) is 3.39. The van der Waals surface area contributed by atoms with E-state index in [1.165, 1.54) is 11.1 Å². The molecule has 6 heteroatoms. The van der Waals surface area contributed by atoms with Gasteiger partial charge in [0, 0.05) is 32.7 Å². The molecule has 1 aliphatic heterocycles. The first-order chi connectivity index (χ1) is 13.2. The predicted octanol–water partition coefficient (Wildman–Crippen LogP) is 4.24. The third kappa shape index (κ3) is 4.64. The van der Waals surface area contributed by atoms with Gasteiger partial charge < -0.3 is 4.52 Å². The van der Waals surface area contributed by atoms with Gasteiger partial charge in [-0.15, -0.1) is 11.3 Å². The molecule has 0 atom stereocenters. The minimum Gasteiger partial charge on any atom is -0.338 e. The molecule has 5 nitrogen and oxygen atoms in total. The van der Waals surface area contributed by atoms with Gasteiger partial charge in [0.25, 0.3) is 0 Å². The van der Waals surface area contributed by atoms with E-state index in [4.69, 9.17) is 4.52 Å². The Kier molecular flexibility index (Phi) is 5.66.